The van der Waals surface area contributed by atoms with Crippen LogP contribution < -0.4 is 5.73 Å². The molecule has 1 heterocycles. The van der Waals surface area contributed by atoms with Gasteiger partial charge in [-0.2, -0.15) is 0 Å². The second-order valence-electron chi connectivity index (χ2n) is 4.53. The first kappa shape index (κ1) is 12.8. The summed E-state index contributed by atoms with van der Waals surface area (Å²) in [4.78, 5) is 0. The molecule has 0 bridgehead atoms. The number of rotatable bonds is 7. The third-order valence-corrected chi connectivity index (χ3v) is 2.64. The molecule has 90 valence electrons. The highest BCUT2D eigenvalue weighted by molar-refractivity contribution is 5.82. The third-order valence-electron chi connectivity index (χ3n) is 2.64. The van der Waals surface area contributed by atoms with Crippen LogP contribution in [0.1, 0.15) is 32.4 Å². The van der Waals surface area contributed by atoms with Crippen molar-refractivity contribution in [3.8, 4) is 0 Å². The number of ether oxygens (including phenoxy) is 1. The summed E-state index contributed by atoms with van der Waals surface area (Å²) in [5.41, 5.74) is 5.26. The molecule has 1 aromatic rings. The molecule has 0 radical (unpaired) electrons. The molecule has 0 aromatic carbocycles. The lowest BCUT2D eigenvalue weighted by atomic mass is 9.87. The molecule has 0 unspecified atom stereocenters. The van der Waals surface area contributed by atoms with Gasteiger partial charge in [-0.25, -0.2) is 0 Å². The molecule has 16 heavy (non-hydrogen) atoms. The minimum atomic E-state index is -0.228. The van der Waals surface area contributed by atoms with Gasteiger partial charge in [0, 0.05) is 12.0 Å². The molecular weight excluding hydrogens is 204 g/mol. The highest BCUT2D eigenvalue weighted by Gasteiger charge is 2.20. The summed E-state index contributed by atoms with van der Waals surface area (Å²) >= 11 is 0. The van der Waals surface area contributed by atoms with E-state index < -0.39 is 0 Å². The molecule has 3 N–H and O–H groups in total. The highest BCUT2D eigenvalue weighted by Crippen LogP contribution is 2.21. The molecule has 1 rings (SSSR count). The molecule has 4 heteroatoms. The molecule has 0 amide bonds. The Morgan fingerprint density at radius 2 is 2.31 bits per heavy atom. The molecule has 0 aliphatic carbocycles. The van der Waals surface area contributed by atoms with Crippen LogP contribution in [0.2, 0.25) is 0 Å². The molecule has 0 fully saturated rings. The smallest absolute Gasteiger partial charge is 0.129 e. The summed E-state index contributed by atoms with van der Waals surface area (Å²) in [6, 6.07) is 3.73. The van der Waals surface area contributed by atoms with Gasteiger partial charge in [-0.05, 0) is 25.0 Å². The highest BCUT2D eigenvalue weighted by atomic mass is 16.5. The van der Waals surface area contributed by atoms with Crippen LogP contribution in [0.5, 0.6) is 0 Å². The van der Waals surface area contributed by atoms with E-state index in [1.54, 1.807) is 6.26 Å². The Morgan fingerprint density at radius 3 is 2.88 bits per heavy atom. The van der Waals surface area contributed by atoms with Crippen molar-refractivity contribution in [3.63, 3.8) is 0 Å². The van der Waals surface area contributed by atoms with E-state index in [0.717, 1.165) is 18.6 Å². The summed E-state index contributed by atoms with van der Waals surface area (Å²) in [5, 5.41) is 7.41. The lowest BCUT2D eigenvalue weighted by Crippen LogP contribution is -2.30. The van der Waals surface area contributed by atoms with Crippen LogP contribution in [0.25, 0.3) is 0 Å². The van der Waals surface area contributed by atoms with Crippen molar-refractivity contribution in [2.24, 2.45) is 11.1 Å². The lowest BCUT2D eigenvalue weighted by Gasteiger charge is -2.22. The largest absolute Gasteiger partial charge is 0.467 e. The van der Waals surface area contributed by atoms with Gasteiger partial charge < -0.3 is 14.9 Å². The van der Waals surface area contributed by atoms with E-state index in [9.17, 15) is 0 Å². The molecule has 0 aliphatic heterocycles. The number of nitrogens with two attached hydrogens (primary N) is 1. The number of hydrogen-bond acceptors (Lipinski definition) is 3. The summed E-state index contributed by atoms with van der Waals surface area (Å²) in [6.45, 7) is 5.12. The van der Waals surface area contributed by atoms with E-state index in [1.165, 1.54) is 0 Å². The van der Waals surface area contributed by atoms with E-state index in [2.05, 4.69) is 0 Å². The average Bonchev–Trinajstić information content (AvgIpc) is 2.69. The normalized spacial score (nSPS) is 11.6. The van der Waals surface area contributed by atoms with Gasteiger partial charge in [0.05, 0.1) is 12.1 Å². The SMILES string of the molecule is CC(C)(CCCOCc1ccco1)C(=N)N. The van der Waals surface area contributed by atoms with Crippen molar-refractivity contribution >= 4 is 5.84 Å². The van der Waals surface area contributed by atoms with Crippen molar-refractivity contribution in [1.29, 1.82) is 5.41 Å². The van der Waals surface area contributed by atoms with Gasteiger partial charge in [0.2, 0.25) is 0 Å². The maximum Gasteiger partial charge on any atom is 0.129 e. The predicted octanol–water partition coefficient (Wildman–Crippen LogP) is 2.54. The molecule has 1 aromatic heterocycles. The Labute approximate surface area is 96.3 Å². The maximum atomic E-state index is 7.41. The molecule has 0 saturated carbocycles. The Kier molecular flexibility index (Phi) is 4.55. The van der Waals surface area contributed by atoms with Crippen LogP contribution in [-0.4, -0.2) is 12.4 Å². The van der Waals surface area contributed by atoms with Crippen molar-refractivity contribution in [3.05, 3.63) is 24.2 Å². The van der Waals surface area contributed by atoms with Crippen molar-refractivity contribution in [2.45, 2.75) is 33.3 Å². The van der Waals surface area contributed by atoms with Gasteiger partial charge in [0.25, 0.3) is 0 Å². The Hall–Kier alpha value is -1.29. The molecule has 4 nitrogen and oxygen atoms in total. The van der Waals surface area contributed by atoms with Crippen molar-refractivity contribution in [1.82, 2.24) is 0 Å². The lowest BCUT2D eigenvalue weighted by molar-refractivity contribution is 0.0989. The summed E-state index contributed by atoms with van der Waals surface area (Å²) in [6.07, 6.45) is 3.39. The Balaban J connectivity index is 2.10. The van der Waals surface area contributed by atoms with Crippen molar-refractivity contribution < 1.29 is 9.15 Å². The van der Waals surface area contributed by atoms with Crippen LogP contribution >= 0.6 is 0 Å². The minimum Gasteiger partial charge on any atom is -0.467 e. The topological polar surface area (TPSA) is 72.2 Å². The van der Waals surface area contributed by atoms with Gasteiger partial charge in [-0.3, -0.25) is 5.41 Å². The zero-order valence-corrected chi connectivity index (χ0v) is 9.95. The third kappa shape index (κ3) is 4.06. The number of hydrogen-bond donors (Lipinski definition) is 2. The maximum absolute atomic E-state index is 7.41. The van der Waals surface area contributed by atoms with Crippen LogP contribution in [0.15, 0.2) is 22.8 Å². The van der Waals surface area contributed by atoms with Crippen LogP contribution in [0.4, 0.5) is 0 Å². The fourth-order valence-corrected chi connectivity index (χ4v) is 1.32. The van der Waals surface area contributed by atoms with Crippen LogP contribution in [0, 0.1) is 10.8 Å². The van der Waals surface area contributed by atoms with E-state index >= 15 is 0 Å². The standard InChI is InChI=1S/C12H20N2O2/c1-12(2,11(13)14)6-4-7-15-9-10-5-3-8-16-10/h3,5,8H,4,6-7,9H2,1-2H3,(H3,13,14). The molecule has 0 aliphatic rings. The number of nitrogens with one attached hydrogen (secondary N) is 1. The first-order valence-corrected chi connectivity index (χ1v) is 5.47. The Morgan fingerprint density at radius 1 is 1.56 bits per heavy atom. The molecule has 0 atom stereocenters. The zero-order chi connectivity index (χ0) is 12.0. The summed E-state index contributed by atoms with van der Waals surface area (Å²) < 4.78 is 10.6. The average molecular weight is 224 g/mol. The molecular formula is C12H20N2O2. The van der Waals surface area contributed by atoms with E-state index in [4.69, 9.17) is 20.3 Å². The number of amidine groups is 1. The number of furan rings is 1. The minimum absolute atomic E-state index is 0.228. The van der Waals surface area contributed by atoms with E-state index in [-0.39, 0.29) is 11.3 Å². The second kappa shape index (κ2) is 5.70. The van der Waals surface area contributed by atoms with Gasteiger partial charge in [-0.15, -0.1) is 0 Å². The summed E-state index contributed by atoms with van der Waals surface area (Å²) in [5.74, 6) is 1.07. The van der Waals surface area contributed by atoms with Crippen LogP contribution in [-0.2, 0) is 11.3 Å². The van der Waals surface area contributed by atoms with Gasteiger partial charge in [0.1, 0.15) is 12.4 Å². The quantitative estimate of drug-likeness (QED) is 0.424. The van der Waals surface area contributed by atoms with E-state index in [0.29, 0.717) is 13.2 Å². The van der Waals surface area contributed by atoms with E-state index in [1.807, 2.05) is 26.0 Å². The van der Waals surface area contributed by atoms with Gasteiger partial charge in [-0.1, -0.05) is 13.8 Å². The second-order valence-corrected chi connectivity index (χ2v) is 4.53. The van der Waals surface area contributed by atoms with Crippen molar-refractivity contribution in [2.75, 3.05) is 6.61 Å². The fraction of sp³-hybridized carbons (Fsp3) is 0.583. The molecule has 0 spiro atoms. The molecule has 0 saturated heterocycles. The zero-order valence-electron chi connectivity index (χ0n) is 9.95. The van der Waals surface area contributed by atoms with Gasteiger partial charge in [0.15, 0.2) is 0 Å². The first-order valence-electron chi connectivity index (χ1n) is 5.47. The monoisotopic (exact) mass is 224 g/mol. The fourth-order valence-electron chi connectivity index (χ4n) is 1.32. The predicted molar refractivity (Wildman–Crippen MR) is 63.3 cm³/mol. The van der Waals surface area contributed by atoms with Crippen LogP contribution in [0.3, 0.4) is 0 Å². The van der Waals surface area contributed by atoms with Gasteiger partial charge >= 0.3 is 0 Å². The summed E-state index contributed by atoms with van der Waals surface area (Å²) in [7, 11) is 0. The first-order chi connectivity index (χ1) is 7.52. The Bertz CT molecular complexity index is 318.